The van der Waals surface area contributed by atoms with E-state index >= 15 is 0 Å². The number of carboxylic acids is 1. The molecule has 0 aliphatic carbocycles. The van der Waals surface area contributed by atoms with Crippen molar-refractivity contribution in [1.29, 1.82) is 0 Å². The van der Waals surface area contributed by atoms with Gasteiger partial charge in [0.2, 0.25) is 23.6 Å². The van der Waals surface area contributed by atoms with Crippen molar-refractivity contribution in [2.75, 3.05) is 18.6 Å². The zero-order valence-corrected chi connectivity index (χ0v) is 20.4. The molecule has 33 heavy (non-hydrogen) atoms. The Morgan fingerprint density at radius 3 is 2.39 bits per heavy atom. The Morgan fingerprint density at radius 1 is 1.18 bits per heavy atom. The molecule has 0 radical (unpaired) electrons. The van der Waals surface area contributed by atoms with E-state index in [0.29, 0.717) is 38.0 Å². The fourth-order valence-corrected chi connectivity index (χ4v) is 4.10. The summed E-state index contributed by atoms with van der Waals surface area (Å²) in [6.45, 7) is 4.05. The first-order valence-electron chi connectivity index (χ1n) is 11.2. The van der Waals surface area contributed by atoms with Crippen LogP contribution in [0.5, 0.6) is 0 Å². The van der Waals surface area contributed by atoms with Crippen molar-refractivity contribution in [3.05, 3.63) is 0 Å². The van der Waals surface area contributed by atoms with Gasteiger partial charge in [-0.1, -0.05) is 20.3 Å². The summed E-state index contributed by atoms with van der Waals surface area (Å²) >= 11 is 1.57. The van der Waals surface area contributed by atoms with Crippen LogP contribution >= 0.6 is 11.8 Å². The minimum atomic E-state index is -1.29. The topological polar surface area (TPSA) is 185 Å². The highest BCUT2D eigenvalue weighted by Gasteiger charge is 2.40. The monoisotopic (exact) mass is 487 g/mol. The number of thioether (sulfide) groups is 1. The zero-order chi connectivity index (χ0) is 25.1. The summed E-state index contributed by atoms with van der Waals surface area (Å²) in [5, 5.41) is 14.5. The predicted molar refractivity (Wildman–Crippen MR) is 125 cm³/mol. The summed E-state index contributed by atoms with van der Waals surface area (Å²) in [6, 6.07) is -3.74. The predicted octanol–water partition coefficient (Wildman–Crippen LogP) is -0.576. The number of amides is 4. The van der Waals surface area contributed by atoms with Gasteiger partial charge in [-0.2, -0.15) is 11.8 Å². The smallest absolute Gasteiger partial charge is 0.326 e. The van der Waals surface area contributed by atoms with E-state index < -0.39 is 53.8 Å². The highest BCUT2D eigenvalue weighted by atomic mass is 32.2. The van der Waals surface area contributed by atoms with Crippen molar-refractivity contribution in [3.63, 3.8) is 0 Å². The first kappa shape index (κ1) is 28.7. The highest BCUT2D eigenvalue weighted by Crippen LogP contribution is 2.22. The average Bonchev–Trinajstić information content (AvgIpc) is 3.26. The molecule has 0 aromatic carbocycles. The molecule has 1 heterocycles. The van der Waals surface area contributed by atoms with E-state index in [-0.39, 0.29) is 18.8 Å². The summed E-state index contributed by atoms with van der Waals surface area (Å²) < 4.78 is 0. The van der Waals surface area contributed by atoms with E-state index in [0.717, 1.165) is 0 Å². The molecule has 188 valence electrons. The van der Waals surface area contributed by atoms with E-state index in [1.54, 1.807) is 11.8 Å². The Bertz CT molecular complexity index is 721. The van der Waals surface area contributed by atoms with Crippen LogP contribution in [0.2, 0.25) is 0 Å². The van der Waals surface area contributed by atoms with Crippen molar-refractivity contribution in [1.82, 2.24) is 15.5 Å². The standard InChI is InChI=1S/C21H37N5O6S/c1-4-12(2)17(25-18(28)13(22)9-11-33-3)20(30)26-10-5-6-15(26)19(29)24-14(21(31)32)7-8-16(23)27/h12-15,17H,4-11,22H2,1-3H3,(H2,23,27)(H,24,29)(H,25,28)(H,31,32). The van der Waals surface area contributed by atoms with E-state index in [1.807, 2.05) is 20.1 Å². The lowest BCUT2D eigenvalue weighted by Crippen LogP contribution is -2.58. The van der Waals surface area contributed by atoms with Gasteiger partial charge < -0.3 is 32.1 Å². The van der Waals surface area contributed by atoms with Gasteiger partial charge in [0.15, 0.2) is 0 Å². The quantitative estimate of drug-likeness (QED) is 0.215. The van der Waals surface area contributed by atoms with Crippen LogP contribution < -0.4 is 22.1 Å². The number of nitrogens with one attached hydrogen (secondary N) is 2. The molecule has 1 aliphatic heterocycles. The number of nitrogens with two attached hydrogens (primary N) is 2. The molecule has 11 nitrogen and oxygen atoms in total. The second kappa shape index (κ2) is 14.0. The molecule has 0 bridgehead atoms. The summed E-state index contributed by atoms with van der Waals surface area (Å²) in [6.07, 6.45) is 3.61. The average molecular weight is 488 g/mol. The van der Waals surface area contributed by atoms with Crippen LogP contribution in [0.25, 0.3) is 0 Å². The highest BCUT2D eigenvalue weighted by molar-refractivity contribution is 7.98. The maximum Gasteiger partial charge on any atom is 0.326 e. The molecular formula is C21H37N5O6S. The molecule has 0 aromatic rings. The van der Waals surface area contributed by atoms with E-state index in [4.69, 9.17) is 11.5 Å². The van der Waals surface area contributed by atoms with Crippen LogP contribution in [-0.4, -0.2) is 82.3 Å². The molecule has 0 aromatic heterocycles. The van der Waals surface area contributed by atoms with Crippen molar-refractivity contribution < 1.29 is 29.1 Å². The number of hydrogen-bond acceptors (Lipinski definition) is 7. The number of carbonyl (C=O) groups is 5. The maximum absolute atomic E-state index is 13.4. The largest absolute Gasteiger partial charge is 0.480 e. The summed E-state index contributed by atoms with van der Waals surface area (Å²) in [4.78, 5) is 62.6. The third-order valence-corrected chi connectivity index (χ3v) is 6.52. The summed E-state index contributed by atoms with van der Waals surface area (Å²) in [7, 11) is 0. The first-order chi connectivity index (χ1) is 15.5. The Morgan fingerprint density at radius 2 is 1.85 bits per heavy atom. The van der Waals surface area contributed by atoms with Crippen molar-refractivity contribution in [2.24, 2.45) is 17.4 Å². The zero-order valence-electron chi connectivity index (χ0n) is 19.5. The van der Waals surface area contributed by atoms with E-state index in [2.05, 4.69) is 10.6 Å². The summed E-state index contributed by atoms with van der Waals surface area (Å²) in [5.41, 5.74) is 11.0. The second-order valence-corrected chi connectivity index (χ2v) is 9.34. The van der Waals surface area contributed by atoms with Crippen LogP contribution in [0.1, 0.15) is 52.4 Å². The minimum Gasteiger partial charge on any atom is -0.480 e. The van der Waals surface area contributed by atoms with E-state index in [1.165, 1.54) is 4.90 Å². The third-order valence-electron chi connectivity index (χ3n) is 5.88. The molecule has 7 N–H and O–H groups in total. The molecule has 5 unspecified atom stereocenters. The fraction of sp³-hybridized carbons (Fsp3) is 0.762. The van der Waals surface area contributed by atoms with Gasteiger partial charge in [0.1, 0.15) is 18.1 Å². The lowest BCUT2D eigenvalue weighted by Gasteiger charge is -2.32. The molecule has 1 fully saturated rings. The SMILES string of the molecule is CCC(C)C(NC(=O)C(N)CCSC)C(=O)N1CCCC1C(=O)NC(CCC(N)=O)C(=O)O. The van der Waals surface area contributed by atoms with Crippen molar-refractivity contribution in [3.8, 4) is 0 Å². The molecule has 0 saturated carbocycles. The Labute approximate surface area is 198 Å². The van der Waals surface area contributed by atoms with Crippen LogP contribution in [0.4, 0.5) is 0 Å². The molecule has 12 heteroatoms. The number of likely N-dealkylation sites (tertiary alicyclic amines) is 1. The second-order valence-electron chi connectivity index (χ2n) is 8.35. The van der Waals surface area contributed by atoms with Crippen LogP contribution in [-0.2, 0) is 24.0 Å². The van der Waals surface area contributed by atoms with Gasteiger partial charge in [-0.25, -0.2) is 4.79 Å². The molecule has 1 rings (SSSR count). The maximum atomic E-state index is 13.4. The Balaban J connectivity index is 2.94. The molecule has 1 aliphatic rings. The lowest BCUT2D eigenvalue weighted by molar-refractivity contribution is -0.145. The van der Waals surface area contributed by atoms with Gasteiger partial charge in [-0.05, 0) is 43.6 Å². The Kier molecular flexibility index (Phi) is 12.2. The van der Waals surface area contributed by atoms with Gasteiger partial charge in [0, 0.05) is 13.0 Å². The van der Waals surface area contributed by atoms with Crippen molar-refractivity contribution in [2.45, 2.75) is 76.5 Å². The minimum absolute atomic E-state index is 0.142. The van der Waals surface area contributed by atoms with Crippen molar-refractivity contribution >= 4 is 41.4 Å². The van der Waals surface area contributed by atoms with Gasteiger partial charge in [-0.3, -0.25) is 19.2 Å². The third kappa shape index (κ3) is 8.84. The van der Waals surface area contributed by atoms with Gasteiger partial charge in [0.05, 0.1) is 6.04 Å². The number of primary amides is 1. The number of nitrogens with zero attached hydrogens (tertiary/aromatic N) is 1. The lowest BCUT2D eigenvalue weighted by atomic mass is 9.96. The van der Waals surface area contributed by atoms with Gasteiger partial charge in [0.25, 0.3) is 0 Å². The normalized spacial score (nSPS) is 19.3. The van der Waals surface area contributed by atoms with Gasteiger partial charge in [-0.15, -0.1) is 0 Å². The Hall–Kier alpha value is -2.34. The van der Waals surface area contributed by atoms with Crippen LogP contribution in [0, 0.1) is 5.92 Å². The number of aliphatic carboxylic acids is 1. The number of carboxylic acid groups (broad SMARTS) is 1. The number of hydrogen-bond donors (Lipinski definition) is 5. The number of rotatable bonds is 14. The van der Waals surface area contributed by atoms with Crippen LogP contribution in [0.3, 0.4) is 0 Å². The molecule has 1 saturated heterocycles. The molecule has 4 amide bonds. The number of carbonyl (C=O) groups excluding carboxylic acids is 4. The molecular weight excluding hydrogens is 450 g/mol. The fourth-order valence-electron chi connectivity index (χ4n) is 3.61. The molecule has 0 spiro atoms. The van der Waals surface area contributed by atoms with Gasteiger partial charge >= 0.3 is 5.97 Å². The van der Waals surface area contributed by atoms with Crippen LogP contribution in [0.15, 0.2) is 0 Å². The van der Waals surface area contributed by atoms with E-state index in [9.17, 15) is 29.1 Å². The first-order valence-corrected chi connectivity index (χ1v) is 12.6. The molecule has 5 atom stereocenters. The summed E-state index contributed by atoms with van der Waals surface area (Å²) in [5.74, 6) is -2.85.